The lowest BCUT2D eigenvalue weighted by molar-refractivity contribution is -0.156. The summed E-state index contributed by atoms with van der Waals surface area (Å²) >= 11 is 0. The van der Waals surface area contributed by atoms with Crippen LogP contribution in [0.4, 0.5) is 0 Å². The first-order valence-corrected chi connectivity index (χ1v) is 10.9. The average Bonchev–Trinajstić information content (AvgIpc) is 2.71. The summed E-state index contributed by atoms with van der Waals surface area (Å²) in [4.78, 5) is 35.2. The van der Waals surface area contributed by atoms with Crippen molar-refractivity contribution in [3.63, 3.8) is 0 Å². The summed E-state index contributed by atoms with van der Waals surface area (Å²) in [5.41, 5.74) is 0.442. The van der Waals surface area contributed by atoms with Crippen LogP contribution in [0.1, 0.15) is 76.1 Å². The van der Waals surface area contributed by atoms with Gasteiger partial charge < -0.3 is 14.2 Å². The summed E-state index contributed by atoms with van der Waals surface area (Å²) in [6.07, 6.45) is 5.56. The Hall–Kier alpha value is -2.37. The molecule has 6 heteroatoms. The van der Waals surface area contributed by atoms with Crippen LogP contribution in [0.2, 0.25) is 0 Å². The Kier molecular flexibility index (Phi) is 9.34. The maximum Gasteiger partial charge on any atom is 0.311 e. The van der Waals surface area contributed by atoms with Gasteiger partial charge in [-0.3, -0.25) is 14.4 Å². The summed E-state index contributed by atoms with van der Waals surface area (Å²) in [5.74, 6) is 1.55. The number of methoxy groups -OCH3 is 1. The van der Waals surface area contributed by atoms with E-state index >= 15 is 0 Å². The Balaban J connectivity index is 1.73. The van der Waals surface area contributed by atoms with Crippen molar-refractivity contribution >= 4 is 18.2 Å². The Bertz CT molecular complexity index is 726. The fourth-order valence-electron chi connectivity index (χ4n) is 4.03. The Labute approximate surface area is 179 Å². The molecular formula is C24H34O6. The highest BCUT2D eigenvalue weighted by molar-refractivity contribution is 5.78. The summed E-state index contributed by atoms with van der Waals surface area (Å²) in [6.45, 7) is 6.59. The van der Waals surface area contributed by atoms with Gasteiger partial charge in [-0.1, -0.05) is 27.2 Å². The van der Waals surface area contributed by atoms with Crippen molar-refractivity contribution in [3.8, 4) is 11.5 Å². The van der Waals surface area contributed by atoms with Crippen LogP contribution in [0.3, 0.4) is 0 Å². The van der Waals surface area contributed by atoms with Crippen molar-refractivity contribution in [2.24, 2.45) is 17.8 Å². The number of carbonyl (C=O) groups excluding carboxylic acids is 3. The summed E-state index contributed by atoms with van der Waals surface area (Å²) in [6, 6.07) is 4.61. The molecule has 1 aromatic rings. The zero-order valence-corrected chi connectivity index (χ0v) is 18.5. The van der Waals surface area contributed by atoms with E-state index in [1.165, 1.54) is 25.7 Å². The Morgan fingerprint density at radius 1 is 1.10 bits per heavy atom. The first-order valence-electron chi connectivity index (χ1n) is 10.9. The van der Waals surface area contributed by atoms with Crippen molar-refractivity contribution in [1.82, 2.24) is 0 Å². The number of hydrogen-bond acceptors (Lipinski definition) is 6. The van der Waals surface area contributed by atoms with Gasteiger partial charge in [-0.2, -0.15) is 0 Å². The zero-order chi connectivity index (χ0) is 22.1. The maximum absolute atomic E-state index is 12.3. The van der Waals surface area contributed by atoms with Gasteiger partial charge in [-0.25, -0.2) is 0 Å². The molecule has 6 nitrogen and oxygen atoms in total. The molecule has 1 aliphatic rings. The van der Waals surface area contributed by atoms with E-state index in [2.05, 4.69) is 20.8 Å². The van der Waals surface area contributed by atoms with Crippen molar-refractivity contribution in [3.05, 3.63) is 23.8 Å². The first kappa shape index (κ1) is 23.9. The highest BCUT2D eigenvalue weighted by atomic mass is 16.6. The summed E-state index contributed by atoms with van der Waals surface area (Å²) in [5, 5.41) is 0. The van der Waals surface area contributed by atoms with Gasteiger partial charge in [0.1, 0.15) is 12.4 Å². The highest BCUT2D eigenvalue weighted by Gasteiger charge is 2.33. The molecule has 1 aliphatic carbocycles. The minimum Gasteiger partial charge on any atom is -0.493 e. The third-order valence-electron chi connectivity index (χ3n) is 5.80. The fourth-order valence-corrected chi connectivity index (χ4v) is 4.03. The number of ether oxygens (including phenoxy) is 3. The largest absolute Gasteiger partial charge is 0.493 e. The molecule has 0 bridgehead atoms. The number of unbranched alkanes of at least 4 members (excludes halogenated alkanes) is 1. The van der Waals surface area contributed by atoms with Gasteiger partial charge in [0.2, 0.25) is 0 Å². The van der Waals surface area contributed by atoms with Crippen LogP contribution in [-0.4, -0.2) is 31.4 Å². The lowest BCUT2D eigenvalue weighted by atomic mass is 9.75. The molecule has 1 fully saturated rings. The molecule has 0 saturated heterocycles. The van der Waals surface area contributed by atoms with Crippen molar-refractivity contribution in [2.75, 3.05) is 7.11 Å². The van der Waals surface area contributed by atoms with E-state index in [-0.39, 0.29) is 24.2 Å². The molecule has 0 aliphatic heterocycles. The van der Waals surface area contributed by atoms with Crippen LogP contribution in [0, 0.1) is 17.8 Å². The fraction of sp³-hybridized carbons (Fsp3) is 0.625. The third kappa shape index (κ3) is 7.15. The van der Waals surface area contributed by atoms with Crippen molar-refractivity contribution in [2.45, 2.75) is 71.8 Å². The van der Waals surface area contributed by atoms with Crippen LogP contribution in [0.25, 0.3) is 0 Å². The molecule has 30 heavy (non-hydrogen) atoms. The predicted octanol–water partition coefficient (Wildman–Crippen LogP) is 4.98. The number of hydrogen-bond donors (Lipinski definition) is 0. The second kappa shape index (κ2) is 11.7. The van der Waals surface area contributed by atoms with Crippen molar-refractivity contribution in [1.29, 1.82) is 0 Å². The van der Waals surface area contributed by atoms with Crippen LogP contribution >= 0.6 is 0 Å². The van der Waals surface area contributed by atoms with E-state index in [1.807, 2.05) is 0 Å². The van der Waals surface area contributed by atoms with Crippen LogP contribution < -0.4 is 9.47 Å². The van der Waals surface area contributed by atoms with E-state index < -0.39 is 5.97 Å². The van der Waals surface area contributed by atoms with Gasteiger partial charge in [0.15, 0.2) is 11.5 Å². The lowest BCUT2D eigenvalue weighted by Gasteiger charge is -2.36. The minimum atomic E-state index is -0.401. The number of esters is 2. The van der Waals surface area contributed by atoms with Gasteiger partial charge in [0.05, 0.1) is 7.11 Å². The minimum absolute atomic E-state index is 0.00742. The number of aldehydes is 1. The molecule has 0 heterocycles. The molecular weight excluding hydrogens is 384 g/mol. The topological polar surface area (TPSA) is 78.9 Å². The SMILES string of the molecule is COc1cc(C=O)ccc1OC(=O)CCCCC(=O)O[C@H]1C[C@@H](C)CC[C@@H]1C(C)C. The Morgan fingerprint density at radius 2 is 1.80 bits per heavy atom. The highest BCUT2D eigenvalue weighted by Crippen LogP contribution is 2.35. The second-order valence-corrected chi connectivity index (χ2v) is 8.56. The monoisotopic (exact) mass is 418 g/mol. The molecule has 2 rings (SSSR count). The molecule has 1 saturated carbocycles. The van der Waals surface area contributed by atoms with Crippen LogP contribution in [0.15, 0.2) is 18.2 Å². The average molecular weight is 419 g/mol. The van der Waals surface area contributed by atoms with E-state index in [4.69, 9.17) is 14.2 Å². The summed E-state index contributed by atoms with van der Waals surface area (Å²) < 4.78 is 16.3. The number of benzene rings is 1. The molecule has 0 amide bonds. The van der Waals surface area contributed by atoms with Gasteiger partial charge >= 0.3 is 11.9 Å². The van der Waals surface area contributed by atoms with E-state index in [0.717, 1.165) is 12.8 Å². The predicted molar refractivity (Wildman–Crippen MR) is 114 cm³/mol. The van der Waals surface area contributed by atoms with Gasteiger partial charge in [0, 0.05) is 18.4 Å². The Morgan fingerprint density at radius 3 is 2.43 bits per heavy atom. The molecule has 0 spiro atoms. The van der Waals surface area contributed by atoms with E-state index in [1.54, 1.807) is 6.07 Å². The van der Waals surface area contributed by atoms with E-state index in [9.17, 15) is 14.4 Å². The quantitative estimate of drug-likeness (QED) is 0.231. The third-order valence-corrected chi connectivity index (χ3v) is 5.80. The number of carbonyl (C=O) groups is 3. The van der Waals surface area contributed by atoms with E-state index in [0.29, 0.717) is 54.6 Å². The molecule has 0 N–H and O–H groups in total. The molecule has 0 aromatic heterocycles. The molecule has 3 atom stereocenters. The van der Waals surface area contributed by atoms with Crippen LogP contribution in [-0.2, 0) is 14.3 Å². The van der Waals surface area contributed by atoms with Gasteiger partial charge in [-0.05, 0) is 61.6 Å². The second-order valence-electron chi connectivity index (χ2n) is 8.56. The zero-order valence-electron chi connectivity index (χ0n) is 18.5. The van der Waals surface area contributed by atoms with Crippen molar-refractivity contribution < 1.29 is 28.6 Å². The lowest BCUT2D eigenvalue weighted by Crippen LogP contribution is -2.35. The summed E-state index contributed by atoms with van der Waals surface area (Å²) in [7, 11) is 1.45. The maximum atomic E-state index is 12.3. The normalized spacial score (nSPS) is 21.2. The first-order chi connectivity index (χ1) is 14.3. The molecule has 0 unspecified atom stereocenters. The van der Waals surface area contributed by atoms with Gasteiger partial charge in [-0.15, -0.1) is 0 Å². The van der Waals surface area contributed by atoms with Gasteiger partial charge in [0.25, 0.3) is 0 Å². The molecule has 166 valence electrons. The number of rotatable bonds is 10. The van der Waals surface area contributed by atoms with Crippen LogP contribution in [0.5, 0.6) is 11.5 Å². The molecule has 0 radical (unpaired) electrons. The standard InChI is InChI=1S/C24H34O6/c1-16(2)19-11-9-17(3)13-21(19)30-24(27)8-6-5-7-23(26)29-20-12-10-18(15-25)14-22(20)28-4/h10,12,14-17,19,21H,5-9,11,13H2,1-4H3/t17-,19+,21-/m0/s1. The molecule has 1 aromatic carbocycles. The smallest absolute Gasteiger partial charge is 0.311 e.